The monoisotopic (exact) mass is 575 g/mol. The largest absolute Gasteiger partial charge is 0.493 e. The average Bonchev–Trinajstić information content (AvgIpc) is 3.67. The molecule has 5 aromatic rings. The van der Waals surface area contributed by atoms with Gasteiger partial charge in [-0.2, -0.15) is 0 Å². The minimum Gasteiger partial charge on any atom is -0.493 e. The first kappa shape index (κ1) is 27.7. The number of hydrogen-bond acceptors (Lipinski definition) is 7. The molecule has 0 radical (unpaired) electrons. The SMILES string of the molecule is COc1ccc(C(C)(C)c2cnc(SCCOc3ccc(-c4nccs4)cc3)n2-c2ccc(F)cc2)cc1OC. The molecule has 9 heteroatoms. The molecule has 0 saturated heterocycles. The van der Waals surface area contributed by atoms with Gasteiger partial charge in [-0.3, -0.25) is 4.57 Å². The van der Waals surface area contributed by atoms with Crippen LogP contribution in [0.2, 0.25) is 0 Å². The third-order valence-electron chi connectivity index (χ3n) is 6.68. The summed E-state index contributed by atoms with van der Waals surface area (Å²) in [5.74, 6) is 2.53. The van der Waals surface area contributed by atoms with E-state index in [1.54, 1.807) is 55.6 Å². The Bertz CT molecular complexity index is 1550. The zero-order chi connectivity index (χ0) is 28.1. The van der Waals surface area contributed by atoms with E-state index in [1.807, 2.05) is 54.0 Å². The molecule has 5 rings (SSSR count). The number of hydrogen-bond donors (Lipinski definition) is 0. The van der Waals surface area contributed by atoms with Crippen LogP contribution in [0.1, 0.15) is 25.1 Å². The predicted molar refractivity (Wildman–Crippen MR) is 159 cm³/mol. The van der Waals surface area contributed by atoms with Gasteiger partial charge >= 0.3 is 0 Å². The predicted octanol–water partition coefficient (Wildman–Crippen LogP) is 7.65. The second-order valence-electron chi connectivity index (χ2n) is 9.49. The Hall–Kier alpha value is -3.82. The Labute approximate surface area is 241 Å². The third kappa shape index (κ3) is 5.85. The maximum Gasteiger partial charge on any atom is 0.172 e. The minimum absolute atomic E-state index is 0.284. The second kappa shape index (κ2) is 12.1. The van der Waals surface area contributed by atoms with Crippen LogP contribution in [-0.4, -0.2) is 41.1 Å². The van der Waals surface area contributed by atoms with Crippen LogP contribution in [0.5, 0.6) is 17.2 Å². The fourth-order valence-corrected chi connectivity index (χ4v) is 5.90. The quantitative estimate of drug-likeness (QED) is 0.119. The highest BCUT2D eigenvalue weighted by Crippen LogP contribution is 2.39. The van der Waals surface area contributed by atoms with Crippen molar-refractivity contribution < 1.29 is 18.6 Å². The van der Waals surface area contributed by atoms with Gasteiger partial charge < -0.3 is 14.2 Å². The smallest absolute Gasteiger partial charge is 0.172 e. The summed E-state index contributed by atoms with van der Waals surface area (Å²) in [5, 5.41) is 3.76. The van der Waals surface area contributed by atoms with E-state index in [1.165, 1.54) is 12.1 Å². The van der Waals surface area contributed by atoms with Gasteiger partial charge in [0, 0.05) is 34.0 Å². The van der Waals surface area contributed by atoms with Crippen molar-refractivity contribution in [2.75, 3.05) is 26.6 Å². The number of nitrogens with zero attached hydrogens (tertiary/aromatic N) is 3. The molecule has 40 heavy (non-hydrogen) atoms. The molecule has 206 valence electrons. The topological polar surface area (TPSA) is 58.4 Å². The number of thiazole rings is 1. The molecule has 2 aromatic heterocycles. The van der Waals surface area contributed by atoms with Gasteiger partial charge in [0.15, 0.2) is 16.7 Å². The van der Waals surface area contributed by atoms with Crippen LogP contribution < -0.4 is 14.2 Å². The van der Waals surface area contributed by atoms with Gasteiger partial charge in [-0.1, -0.05) is 31.7 Å². The molecule has 0 N–H and O–H groups in total. The van der Waals surface area contributed by atoms with E-state index in [0.717, 1.165) is 38.4 Å². The van der Waals surface area contributed by atoms with Crippen LogP contribution in [0.15, 0.2) is 89.7 Å². The second-order valence-corrected chi connectivity index (χ2v) is 11.4. The van der Waals surface area contributed by atoms with E-state index < -0.39 is 5.41 Å². The fraction of sp³-hybridized carbons (Fsp3) is 0.226. The normalized spacial score (nSPS) is 11.4. The van der Waals surface area contributed by atoms with Crippen molar-refractivity contribution in [3.05, 3.63) is 102 Å². The van der Waals surface area contributed by atoms with Gasteiger partial charge in [-0.25, -0.2) is 14.4 Å². The molecule has 0 amide bonds. The number of aromatic nitrogens is 3. The van der Waals surface area contributed by atoms with Gasteiger partial charge in [-0.05, 0) is 66.2 Å². The van der Waals surface area contributed by atoms with Crippen LogP contribution in [0.4, 0.5) is 4.39 Å². The highest BCUT2D eigenvalue weighted by atomic mass is 32.2. The third-order valence-corrected chi connectivity index (χ3v) is 8.42. The van der Waals surface area contributed by atoms with Crippen molar-refractivity contribution in [2.24, 2.45) is 0 Å². The van der Waals surface area contributed by atoms with Crippen LogP contribution in [0, 0.1) is 5.82 Å². The van der Waals surface area contributed by atoms with E-state index in [-0.39, 0.29) is 5.82 Å². The number of ether oxygens (including phenoxy) is 3. The Morgan fingerprint density at radius 1 is 0.925 bits per heavy atom. The van der Waals surface area contributed by atoms with Gasteiger partial charge in [0.25, 0.3) is 0 Å². The van der Waals surface area contributed by atoms with Crippen molar-refractivity contribution in [1.29, 1.82) is 0 Å². The molecule has 0 aliphatic carbocycles. The van der Waals surface area contributed by atoms with Gasteiger partial charge in [0.2, 0.25) is 0 Å². The average molecular weight is 576 g/mol. The van der Waals surface area contributed by atoms with E-state index in [2.05, 4.69) is 23.4 Å². The summed E-state index contributed by atoms with van der Waals surface area (Å²) in [6.07, 6.45) is 3.69. The number of thioether (sulfide) groups is 1. The first-order chi connectivity index (χ1) is 19.4. The van der Waals surface area contributed by atoms with E-state index in [4.69, 9.17) is 19.2 Å². The molecule has 0 unspecified atom stereocenters. The molecule has 0 bridgehead atoms. The van der Waals surface area contributed by atoms with Crippen molar-refractivity contribution in [3.63, 3.8) is 0 Å². The number of rotatable bonds is 11. The Morgan fingerprint density at radius 3 is 2.35 bits per heavy atom. The summed E-state index contributed by atoms with van der Waals surface area (Å²) < 4.78 is 32.9. The number of imidazole rings is 1. The summed E-state index contributed by atoms with van der Waals surface area (Å²) in [6, 6.07) is 20.4. The highest BCUT2D eigenvalue weighted by Gasteiger charge is 2.30. The maximum absolute atomic E-state index is 13.8. The van der Waals surface area contributed by atoms with Crippen molar-refractivity contribution >= 4 is 23.1 Å². The van der Waals surface area contributed by atoms with Crippen molar-refractivity contribution in [3.8, 4) is 33.5 Å². The Morgan fingerprint density at radius 2 is 1.68 bits per heavy atom. The minimum atomic E-state index is -0.449. The fourth-order valence-electron chi connectivity index (χ4n) is 4.44. The molecular formula is C31H30FN3O3S2. The first-order valence-corrected chi connectivity index (χ1v) is 14.6. The molecular weight excluding hydrogens is 545 g/mol. The standard InChI is InChI=1S/C31H30FN3O3S2/c1-31(2,22-7-14-26(36-3)27(19-22)37-4)28-20-34-30(35(28)24-10-8-23(32)9-11-24)40-18-16-38-25-12-5-21(6-13-25)29-33-15-17-39-29/h5-15,17,19-20H,16,18H2,1-4H3. The molecule has 6 nitrogen and oxygen atoms in total. The summed E-state index contributed by atoms with van der Waals surface area (Å²) in [4.78, 5) is 9.13. The van der Waals surface area contributed by atoms with Gasteiger partial charge in [0.1, 0.15) is 16.6 Å². The zero-order valence-electron chi connectivity index (χ0n) is 22.8. The zero-order valence-corrected chi connectivity index (χ0v) is 24.4. The molecule has 0 atom stereocenters. The first-order valence-electron chi connectivity index (χ1n) is 12.7. The van der Waals surface area contributed by atoms with Crippen molar-refractivity contribution in [2.45, 2.75) is 24.4 Å². The number of halogens is 1. The maximum atomic E-state index is 13.8. The number of benzene rings is 3. The molecule has 3 aromatic carbocycles. The van der Waals surface area contributed by atoms with Gasteiger partial charge in [0.05, 0.1) is 32.7 Å². The molecule has 0 spiro atoms. The lowest BCUT2D eigenvalue weighted by Gasteiger charge is -2.28. The lowest BCUT2D eigenvalue weighted by Crippen LogP contribution is -2.23. The Kier molecular flexibility index (Phi) is 8.42. The number of methoxy groups -OCH3 is 2. The molecule has 0 saturated carbocycles. The highest BCUT2D eigenvalue weighted by molar-refractivity contribution is 7.99. The Balaban J connectivity index is 1.36. The van der Waals surface area contributed by atoms with Crippen LogP contribution >= 0.6 is 23.1 Å². The summed E-state index contributed by atoms with van der Waals surface area (Å²) in [6.45, 7) is 4.78. The van der Waals surface area contributed by atoms with E-state index in [0.29, 0.717) is 23.9 Å². The van der Waals surface area contributed by atoms with E-state index in [9.17, 15) is 4.39 Å². The summed E-state index contributed by atoms with van der Waals surface area (Å²) in [7, 11) is 3.25. The molecule has 0 aliphatic rings. The van der Waals surface area contributed by atoms with E-state index >= 15 is 0 Å². The van der Waals surface area contributed by atoms with Crippen molar-refractivity contribution in [1.82, 2.24) is 14.5 Å². The summed E-state index contributed by atoms with van der Waals surface area (Å²) >= 11 is 3.20. The molecule has 2 heterocycles. The lowest BCUT2D eigenvalue weighted by atomic mass is 9.81. The van der Waals surface area contributed by atoms with Crippen LogP contribution in [0.25, 0.3) is 16.3 Å². The molecule has 0 aliphatic heterocycles. The van der Waals surface area contributed by atoms with Gasteiger partial charge in [-0.15, -0.1) is 11.3 Å². The molecule has 0 fully saturated rings. The van der Waals surface area contributed by atoms with Crippen LogP contribution in [0.3, 0.4) is 0 Å². The van der Waals surface area contributed by atoms with Crippen LogP contribution in [-0.2, 0) is 5.41 Å². The lowest BCUT2D eigenvalue weighted by molar-refractivity contribution is 0.344. The summed E-state index contributed by atoms with van der Waals surface area (Å²) in [5.41, 5.74) is 3.46.